The number of furan rings is 1. The molecule has 1 amide bonds. The topological polar surface area (TPSA) is 105 Å². The summed E-state index contributed by atoms with van der Waals surface area (Å²) in [4.78, 5) is 34.8. The molecule has 0 saturated heterocycles. The number of rotatable bonds is 5. The van der Waals surface area contributed by atoms with Crippen molar-refractivity contribution in [3.05, 3.63) is 88.3 Å². The van der Waals surface area contributed by atoms with Gasteiger partial charge in [-0.3, -0.25) is 19.7 Å². The predicted molar refractivity (Wildman–Crippen MR) is 125 cm³/mol. The van der Waals surface area contributed by atoms with E-state index in [0.29, 0.717) is 16.9 Å². The molecule has 0 fully saturated rings. The number of aromatic amines is 1. The molecule has 0 aliphatic heterocycles. The molecule has 4 heterocycles. The van der Waals surface area contributed by atoms with Crippen LogP contribution in [0.3, 0.4) is 0 Å². The monoisotopic (exact) mass is 441 g/mol. The van der Waals surface area contributed by atoms with E-state index in [-0.39, 0.29) is 23.1 Å². The first kappa shape index (κ1) is 20.7. The first-order valence-electron chi connectivity index (χ1n) is 10.7. The third kappa shape index (κ3) is 3.69. The molecule has 5 aromatic rings. The number of pyridine rings is 1. The SMILES string of the molecule is Cc1c(C(=O)N[C@H](c2cc(=O)n3[nH]c(-c4cccnc4)cc3n2)C(C)C)oc2ccccc12. The zero-order valence-corrected chi connectivity index (χ0v) is 18.5. The second-order valence-corrected chi connectivity index (χ2v) is 8.37. The molecule has 1 atom stereocenters. The number of nitrogens with zero attached hydrogens (tertiary/aromatic N) is 3. The molecule has 2 N–H and O–H groups in total. The maximum atomic E-state index is 13.1. The van der Waals surface area contributed by atoms with Crippen LogP contribution < -0.4 is 10.9 Å². The Bertz CT molecular complexity index is 1530. The lowest BCUT2D eigenvalue weighted by molar-refractivity contribution is 0.0897. The Labute approximate surface area is 189 Å². The molecular weight excluding hydrogens is 418 g/mol. The molecule has 33 heavy (non-hydrogen) atoms. The lowest BCUT2D eigenvalue weighted by Crippen LogP contribution is -2.33. The van der Waals surface area contributed by atoms with Crippen LogP contribution in [0.4, 0.5) is 0 Å². The number of benzene rings is 1. The van der Waals surface area contributed by atoms with Crippen LogP contribution in [0.2, 0.25) is 0 Å². The minimum absolute atomic E-state index is 0.00952. The van der Waals surface area contributed by atoms with Crippen LogP contribution in [0.25, 0.3) is 27.9 Å². The minimum Gasteiger partial charge on any atom is -0.451 e. The Morgan fingerprint density at radius 2 is 1.97 bits per heavy atom. The molecule has 0 radical (unpaired) electrons. The fraction of sp³-hybridized carbons (Fsp3) is 0.200. The highest BCUT2D eigenvalue weighted by Crippen LogP contribution is 2.27. The van der Waals surface area contributed by atoms with Crippen molar-refractivity contribution in [2.75, 3.05) is 0 Å². The van der Waals surface area contributed by atoms with E-state index in [9.17, 15) is 9.59 Å². The molecule has 166 valence electrons. The molecule has 0 saturated carbocycles. The number of aryl methyl sites for hydroxylation is 1. The Balaban J connectivity index is 1.51. The van der Waals surface area contributed by atoms with E-state index in [0.717, 1.165) is 22.2 Å². The lowest BCUT2D eigenvalue weighted by Gasteiger charge is -2.21. The number of nitrogens with one attached hydrogen (secondary N) is 2. The minimum atomic E-state index is -0.473. The van der Waals surface area contributed by atoms with Gasteiger partial charge >= 0.3 is 0 Å². The van der Waals surface area contributed by atoms with E-state index >= 15 is 0 Å². The second-order valence-electron chi connectivity index (χ2n) is 8.37. The van der Waals surface area contributed by atoms with Crippen molar-refractivity contribution in [3.8, 4) is 11.3 Å². The maximum Gasteiger partial charge on any atom is 0.287 e. The third-order valence-corrected chi connectivity index (χ3v) is 5.76. The van der Waals surface area contributed by atoms with Crippen LogP contribution in [-0.4, -0.2) is 25.5 Å². The van der Waals surface area contributed by atoms with Gasteiger partial charge in [0.25, 0.3) is 11.5 Å². The summed E-state index contributed by atoms with van der Waals surface area (Å²) in [5, 5.41) is 6.98. The Morgan fingerprint density at radius 3 is 2.70 bits per heavy atom. The fourth-order valence-corrected chi connectivity index (χ4v) is 4.02. The molecule has 0 unspecified atom stereocenters. The van der Waals surface area contributed by atoms with Gasteiger partial charge in [0.2, 0.25) is 0 Å². The molecule has 4 aromatic heterocycles. The molecule has 5 rings (SSSR count). The molecule has 0 bridgehead atoms. The summed E-state index contributed by atoms with van der Waals surface area (Å²) in [6.07, 6.45) is 3.40. The van der Waals surface area contributed by atoms with Gasteiger partial charge in [0.1, 0.15) is 5.58 Å². The van der Waals surface area contributed by atoms with E-state index in [2.05, 4.69) is 20.4 Å². The van der Waals surface area contributed by atoms with E-state index in [4.69, 9.17) is 4.42 Å². The highest BCUT2D eigenvalue weighted by Gasteiger charge is 2.25. The van der Waals surface area contributed by atoms with Crippen LogP contribution in [0.5, 0.6) is 0 Å². The average molecular weight is 441 g/mol. The number of carbonyl (C=O) groups excluding carboxylic acids is 1. The van der Waals surface area contributed by atoms with Crippen molar-refractivity contribution in [1.82, 2.24) is 24.9 Å². The maximum absolute atomic E-state index is 13.1. The van der Waals surface area contributed by atoms with E-state index in [1.54, 1.807) is 18.5 Å². The van der Waals surface area contributed by atoms with Crippen LogP contribution >= 0.6 is 0 Å². The molecule has 0 spiro atoms. The van der Waals surface area contributed by atoms with Gasteiger partial charge in [-0.05, 0) is 31.0 Å². The summed E-state index contributed by atoms with van der Waals surface area (Å²) < 4.78 is 7.20. The number of hydrogen-bond acceptors (Lipinski definition) is 5. The highest BCUT2D eigenvalue weighted by molar-refractivity contribution is 5.99. The predicted octanol–water partition coefficient (Wildman–Crippen LogP) is 4.27. The normalized spacial score (nSPS) is 12.5. The van der Waals surface area contributed by atoms with Gasteiger partial charge in [0, 0.05) is 41.0 Å². The molecular formula is C25H23N5O3. The Kier molecular flexibility index (Phi) is 5.05. The standard InChI is InChI=1S/C25H23N5O3/c1-14(2)23(28-25(32)24-15(3)17-8-4-5-9-20(17)33-24)19-12-22(31)30-21(27-19)11-18(29-30)16-7-6-10-26-13-16/h4-14,23,29H,1-3H3,(H,28,32)/t23-/m0/s1. The number of carbonyl (C=O) groups is 1. The lowest BCUT2D eigenvalue weighted by atomic mass is 10.00. The van der Waals surface area contributed by atoms with Crippen molar-refractivity contribution in [1.29, 1.82) is 0 Å². The summed E-state index contributed by atoms with van der Waals surface area (Å²) in [6, 6.07) is 14.0. The van der Waals surface area contributed by atoms with Crippen molar-refractivity contribution in [2.24, 2.45) is 5.92 Å². The Hall–Kier alpha value is -4.20. The second kappa shape index (κ2) is 8.05. The third-order valence-electron chi connectivity index (χ3n) is 5.76. The summed E-state index contributed by atoms with van der Waals surface area (Å²) in [7, 11) is 0. The molecule has 8 nitrogen and oxygen atoms in total. The molecule has 0 aliphatic carbocycles. The molecule has 0 aliphatic rings. The smallest absolute Gasteiger partial charge is 0.287 e. The molecule has 1 aromatic carbocycles. The zero-order chi connectivity index (χ0) is 23.1. The average Bonchev–Trinajstić information content (AvgIpc) is 3.40. The van der Waals surface area contributed by atoms with Crippen molar-refractivity contribution in [2.45, 2.75) is 26.8 Å². The largest absolute Gasteiger partial charge is 0.451 e. The van der Waals surface area contributed by atoms with E-state index < -0.39 is 6.04 Å². The number of amides is 1. The van der Waals surface area contributed by atoms with Crippen LogP contribution in [-0.2, 0) is 0 Å². The van der Waals surface area contributed by atoms with Crippen molar-refractivity contribution >= 4 is 22.5 Å². The first-order valence-corrected chi connectivity index (χ1v) is 10.7. The summed E-state index contributed by atoms with van der Waals surface area (Å²) in [5.41, 5.74) is 3.72. The van der Waals surface area contributed by atoms with Gasteiger partial charge in [-0.15, -0.1) is 0 Å². The van der Waals surface area contributed by atoms with Gasteiger partial charge < -0.3 is 9.73 Å². The van der Waals surface area contributed by atoms with E-state index in [1.807, 2.05) is 57.2 Å². The molecule has 8 heteroatoms. The quantitative estimate of drug-likeness (QED) is 0.424. The first-order chi connectivity index (χ1) is 15.9. The number of para-hydroxylation sites is 1. The number of aromatic nitrogens is 4. The fourth-order valence-electron chi connectivity index (χ4n) is 4.02. The summed E-state index contributed by atoms with van der Waals surface area (Å²) in [6.45, 7) is 5.80. The van der Waals surface area contributed by atoms with E-state index in [1.165, 1.54) is 10.6 Å². The van der Waals surface area contributed by atoms with Gasteiger partial charge in [-0.1, -0.05) is 32.0 Å². The van der Waals surface area contributed by atoms with Crippen LogP contribution in [0, 0.1) is 12.8 Å². The van der Waals surface area contributed by atoms with Crippen molar-refractivity contribution in [3.63, 3.8) is 0 Å². The summed E-state index contributed by atoms with van der Waals surface area (Å²) >= 11 is 0. The van der Waals surface area contributed by atoms with Gasteiger partial charge in [-0.25, -0.2) is 9.50 Å². The zero-order valence-electron chi connectivity index (χ0n) is 18.5. The van der Waals surface area contributed by atoms with Crippen LogP contribution in [0.1, 0.15) is 41.7 Å². The van der Waals surface area contributed by atoms with Gasteiger partial charge in [-0.2, -0.15) is 0 Å². The highest BCUT2D eigenvalue weighted by atomic mass is 16.3. The summed E-state index contributed by atoms with van der Waals surface area (Å²) in [5.74, 6) is -0.0839. The Morgan fingerprint density at radius 1 is 1.15 bits per heavy atom. The van der Waals surface area contributed by atoms with Gasteiger partial charge in [0.05, 0.1) is 17.4 Å². The van der Waals surface area contributed by atoms with Crippen LogP contribution in [0.15, 0.2) is 70.1 Å². The number of H-pyrrole nitrogens is 1. The number of hydrogen-bond donors (Lipinski definition) is 2. The number of fused-ring (bicyclic) bond motifs is 2. The van der Waals surface area contributed by atoms with Gasteiger partial charge in [0.15, 0.2) is 11.4 Å². The van der Waals surface area contributed by atoms with Crippen molar-refractivity contribution < 1.29 is 9.21 Å².